The fraction of sp³-hybridized carbons (Fsp3) is 0.375. The Kier molecular flexibility index (Phi) is 5.06. The summed E-state index contributed by atoms with van der Waals surface area (Å²) in [7, 11) is 0. The minimum atomic E-state index is -0.163. The highest BCUT2D eigenvalue weighted by Crippen LogP contribution is 2.24. The maximum atomic E-state index is 12.6. The minimum Gasteiger partial charge on any atom is -0.296 e. The van der Waals surface area contributed by atoms with Crippen LogP contribution in [0, 0.1) is 13.8 Å². The van der Waals surface area contributed by atoms with Crippen molar-refractivity contribution in [3.05, 3.63) is 39.6 Å². The second-order valence-corrected chi connectivity index (χ2v) is 7.43. The number of unbranched alkanes of at least 4 members (excludes halogenated alkanes) is 1. The van der Waals surface area contributed by atoms with Gasteiger partial charge in [-0.3, -0.25) is 14.7 Å². The molecule has 0 saturated carbocycles. The zero-order valence-electron chi connectivity index (χ0n) is 13.9. The lowest BCUT2D eigenvalue weighted by Gasteiger charge is -2.05. The summed E-state index contributed by atoms with van der Waals surface area (Å²) < 4.78 is 1.99. The first-order valence-corrected chi connectivity index (χ1v) is 9.52. The van der Waals surface area contributed by atoms with E-state index >= 15 is 0 Å². The normalized spacial score (nSPS) is 11.0. The number of aryl methyl sites for hydroxylation is 2. The van der Waals surface area contributed by atoms with Crippen LogP contribution < -0.4 is 5.32 Å². The maximum Gasteiger partial charge on any atom is 0.259 e. The summed E-state index contributed by atoms with van der Waals surface area (Å²) in [6, 6.07) is 1.88. The third kappa shape index (κ3) is 3.39. The quantitative estimate of drug-likeness (QED) is 0.720. The number of thiazole rings is 1. The number of amides is 1. The van der Waals surface area contributed by atoms with E-state index < -0.39 is 0 Å². The number of aromatic nitrogens is 4. The van der Waals surface area contributed by atoms with Crippen LogP contribution >= 0.6 is 22.7 Å². The van der Waals surface area contributed by atoms with Gasteiger partial charge in [0, 0.05) is 29.4 Å². The molecule has 0 unspecified atom stereocenters. The molecule has 0 aliphatic rings. The SMILES string of the molecule is CCCCc1nnc(NC(=O)c2cc(C)n(-c3nccs3)c2C)s1. The number of rotatable bonds is 6. The lowest BCUT2D eigenvalue weighted by molar-refractivity contribution is 0.102. The second kappa shape index (κ2) is 7.23. The molecule has 8 heteroatoms. The molecule has 126 valence electrons. The van der Waals surface area contributed by atoms with Crippen LogP contribution in [0.1, 0.15) is 46.5 Å². The van der Waals surface area contributed by atoms with Gasteiger partial charge in [-0.05, 0) is 26.3 Å². The fourth-order valence-corrected chi connectivity index (χ4v) is 4.04. The number of nitrogens with zero attached hydrogens (tertiary/aromatic N) is 4. The lowest BCUT2D eigenvalue weighted by Crippen LogP contribution is -2.13. The van der Waals surface area contributed by atoms with Crippen molar-refractivity contribution < 1.29 is 4.79 Å². The topological polar surface area (TPSA) is 72.7 Å². The van der Waals surface area contributed by atoms with Gasteiger partial charge in [0.1, 0.15) is 5.01 Å². The van der Waals surface area contributed by atoms with Crippen LogP contribution in [0.25, 0.3) is 5.13 Å². The van der Waals surface area contributed by atoms with Gasteiger partial charge in [-0.15, -0.1) is 21.5 Å². The van der Waals surface area contributed by atoms with Gasteiger partial charge in [0.25, 0.3) is 5.91 Å². The molecule has 24 heavy (non-hydrogen) atoms. The number of nitrogens with one attached hydrogen (secondary N) is 1. The van der Waals surface area contributed by atoms with Crippen molar-refractivity contribution in [2.45, 2.75) is 40.0 Å². The van der Waals surface area contributed by atoms with Crippen molar-refractivity contribution in [3.63, 3.8) is 0 Å². The molecule has 3 aromatic rings. The van der Waals surface area contributed by atoms with E-state index in [2.05, 4.69) is 27.4 Å². The van der Waals surface area contributed by atoms with E-state index in [9.17, 15) is 4.79 Å². The summed E-state index contributed by atoms with van der Waals surface area (Å²) >= 11 is 2.98. The van der Waals surface area contributed by atoms with E-state index in [-0.39, 0.29) is 5.91 Å². The van der Waals surface area contributed by atoms with Crippen molar-refractivity contribution in [3.8, 4) is 5.13 Å². The molecular weight excluding hydrogens is 342 g/mol. The molecule has 3 aromatic heterocycles. The summed E-state index contributed by atoms with van der Waals surface area (Å²) in [6.45, 7) is 6.04. The van der Waals surface area contributed by atoms with E-state index in [0.29, 0.717) is 10.7 Å². The van der Waals surface area contributed by atoms with Gasteiger partial charge >= 0.3 is 0 Å². The van der Waals surface area contributed by atoms with Crippen molar-refractivity contribution in [2.75, 3.05) is 5.32 Å². The molecule has 6 nitrogen and oxygen atoms in total. The van der Waals surface area contributed by atoms with Crippen molar-refractivity contribution in [2.24, 2.45) is 0 Å². The third-order valence-electron chi connectivity index (χ3n) is 3.72. The fourth-order valence-electron chi connectivity index (χ4n) is 2.51. The van der Waals surface area contributed by atoms with Gasteiger partial charge < -0.3 is 0 Å². The number of hydrogen-bond acceptors (Lipinski definition) is 6. The summed E-state index contributed by atoms with van der Waals surface area (Å²) in [5.74, 6) is -0.163. The Morgan fingerprint density at radius 2 is 2.17 bits per heavy atom. The molecular formula is C16H19N5OS2. The first-order valence-electron chi connectivity index (χ1n) is 7.82. The molecule has 0 aromatic carbocycles. The molecule has 0 spiro atoms. The predicted molar refractivity (Wildman–Crippen MR) is 97.4 cm³/mol. The van der Waals surface area contributed by atoms with Crippen molar-refractivity contribution in [1.29, 1.82) is 0 Å². The number of hydrogen-bond donors (Lipinski definition) is 1. The van der Waals surface area contributed by atoms with Gasteiger partial charge in [-0.2, -0.15) is 0 Å². The van der Waals surface area contributed by atoms with Gasteiger partial charge in [0.2, 0.25) is 5.13 Å². The lowest BCUT2D eigenvalue weighted by atomic mass is 10.2. The highest BCUT2D eigenvalue weighted by atomic mass is 32.1. The molecule has 1 N–H and O–H groups in total. The highest BCUT2D eigenvalue weighted by molar-refractivity contribution is 7.15. The molecule has 3 heterocycles. The van der Waals surface area contributed by atoms with Crippen LogP contribution in [-0.4, -0.2) is 25.7 Å². The summed E-state index contributed by atoms with van der Waals surface area (Å²) in [5.41, 5.74) is 2.48. The zero-order chi connectivity index (χ0) is 17.1. The maximum absolute atomic E-state index is 12.6. The number of anilines is 1. The average molecular weight is 361 g/mol. The largest absolute Gasteiger partial charge is 0.296 e. The zero-order valence-corrected chi connectivity index (χ0v) is 15.5. The molecule has 1 amide bonds. The number of carbonyl (C=O) groups is 1. The Bertz CT molecular complexity index is 835. The van der Waals surface area contributed by atoms with Gasteiger partial charge in [0.05, 0.1) is 5.56 Å². The summed E-state index contributed by atoms with van der Waals surface area (Å²) in [4.78, 5) is 16.9. The second-order valence-electron chi connectivity index (χ2n) is 5.49. The third-order valence-corrected chi connectivity index (χ3v) is 5.37. The van der Waals surface area contributed by atoms with Crippen LogP contribution in [0.3, 0.4) is 0 Å². The van der Waals surface area contributed by atoms with Crippen LogP contribution in [0.15, 0.2) is 17.6 Å². The van der Waals surface area contributed by atoms with E-state index in [1.165, 1.54) is 11.3 Å². The molecule has 0 bridgehead atoms. The summed E-state index contributed by atoms with van der Waals surface area (Å²) in [5, 5.41) is 15.3. The van der Waals surface area contributed by atoms with Gasteiger partial charge in [-0.1, -0.05) is 24.7 Å². The molecule has 0 atom stereocenters. The van der Waals surface area contributed by atoms with Crippen molar-refractivity contribution in [1.82, 2.24) is 19.7 Å². The Morgan fingerprint density at radius 1 is 1.33 bits per heavy atom. The first-order chi connectivity index (χ1) is 11.6. The van der Waals surface area contributed by atoms with Gasteiger partial charge in [0.15, 0.2) is 5.13 Å². The highest BCUT2D eigenvalue weighted by Gasteiger charge is 2.19. The molecule has 0 saturated heterocycles. The van der Waals surface area contributed by atoms with E-state index in [1.54, 1.807) is 17.5 Å². The van der Waals surface area contributed by atoms with E-state index in [0.717, 1.165) is 40.8 Å². The average Bonchev–Trinajstić information content (AvgIpc) is 3.27. The summed E-state index contributed by atoms with van der Waals surface area (Å²) in [6.07, 6.45) is 4.86. The minimum absolute atomic E-state index is 0.163. The smallest absolute Gasteiger partial charge is 0.259 e. The molecule has 0 aliphatic carbocycles. The Morgan fingerprint density at radius 3 is 2.88 bits per heavy atom. The number of carbonyl (C=O) groups excluding carboxylic acids is 1. The first kappa shape index (κ1) is 16.8. The van der Waals surface area contributed by atoms with E-state index in [4.69, 9.17) is 0 Å². The monoisotopic (exact) mass is 361 g/mol. The van der Waals surface area contributed by atoms with Crippen LogP contribution in [-0.2, 0) is 6.42 Å². The molecule has 3 rings (SSSR count). The van der Waals surface area contributed by atoms with Crippen molar-refractivity contribution >= 4 is 33.7 Å². The van der Waals surface area contributed by atoms with Gasteiger partial charge in [-0.25, -0.2) is 4.98 Å². The Balaban J connectivity index is 1.78. The van der Waals surface area contributed by atoms with Crippen LogP contribution in [0.4, 0.5) is 5.13 Å². The molecule has 0 aliphatic heterocycles. The molecule has 0 radical (unpaired) electrons. The Labute approximate surface area is 148 Å². The van der Waals surface area contributed by atoms with Crippen LogP contribution in [0.5, 0.6) is 0 Å². The predicted octanol–water partition coefficient (Wildman–Crippen LogP) is 4.00. The molecule has 0 fully saturated rings. The van der Waals surface area contributed by atoms with E-state index in [1.807, 2.05) is 29.9 Å². The standard InChI is InChI=1S/C16H19N5OS2/c1-4-5-6-13-19-20-15(24-13)18-14(22)12-9-10(2)21(11(12)3)16-17-7-8-23-16/h7-9H,4-6H2,1-3H3,(H,18,20,22). The van der Waals surface area contributed by atoms with Crippen LogP contribution in [0.2, 0.25) is 0 Å². The Hall–Kier alpha value is -2.06.